The Morgan fingerprint density at radius 2 is 1.26 bits per heavy atom. The number of hydrogen-bond donors (Lipinski definition) is 1. The molecule has 2 aliphatic rings. The highest BCUT2D eigenvalue weighted by Gasteiger charge is 2.56. The minimum absolute atomic E-state index is 0.0158. The molecule has 0 aliphatic carbocycles. The molecule has 2 aliphatic heterocycles. The number of methoxy groups -OCH3 is 1. The molecule has 16 heteroatoms. The van der Waals surface area contributed by atoms with Crippen molar-refractivity contribution in [3.63, 3.8) is 0 Å². The van der Waals surface area contributed by atoms with E-state index in [0.29, 0.717) is 25.8 Å². The van der Waals surface area contributed by atoms with Crippen LogP contribution in [0, 0.1) is 5.92 Å². The van der Waals surface area contributed by atoms with Gasteiger partial charge in [0.05, 0.1) is 38.1 Å². The van der Waals surface area contributed by atoms with Crippen molar-refractivity contribution in [3.8, 4) is 0 Å². The Balaban J connectivity index is 1.22. The van der Waals surface area contributed by atoms with E-state index in [1.54, 1.807) is 30.3 Å². The van der Waals surface area contributed by atoms with Crippen LogP contribution in [0.2, 0.25) is 0 Å². The lowest BCUT2D eigenvalue weighted by Gasteiger charge is -2.48. The first-order chi connectivity index (χ1) is 32.3. The zero-order chi connectivity index (χ0) is 46.5. The van der Waals surface area contributed by atoms with Crippen LogP contribution in [0.1, 0.15) is 73.0 Å². The van der Waals surface area contributed by atoms with E-state index >= 15 is 0 Å². The monoisotopic (exact) mass is 908 g/mol. The second-order valence-corrected chi connectivity index (χ2v) is 16.1. The average molecular weight is 909 g/mol. The van der Waals surface area contributed by atoms with E-state index < -0.39 is 73.3 Å². The van der Waals surface area contributed by atoms with Gasteiger partial charge in [-0.1, -0.05) is 141 Å². The molecule has 0 bridgehead atoms. The standard InChI is InChI=1S/C50H60N4O12/c1-4-39-34(2)41(60-31-35-21-11-7-12-22-35)40(53-54-51)48(63-39)65-43-42(61-32-36-23-13-8-14-24-36)45(64-46(55)38-27-17-10-18-28-38)49(66-44(43)47(56)58-3)59-30-20-6-5-19-29-52-50(57)62-33-37-25-15-9-16-26-37/h7-18,21-28,34,39-45,48-49H,4-6,19-20,29-33H2,1-3H3,(H,52,57). The number of carbonyl (C=O) groups excluding carboxylic acids is 3. The maximum atomic E-state index is 13.9. The number of benzene rings is 4. The Labute approximate surface area is 385 Å². The summed E-state index contributed by atoms with van der Waals surface area (Å²) in [5.41, 5.74) is 12.8. The maximum Gasteiger partial charge on any atom is 0.407 e. The molecule has 66 heavy (non-hydrogen) atoms. The number of ether oxygens (including phenoxy) is 9. The molecule has 0 radical (unpaired) electrons. The van der Waals surface area contributed by atoms with Crippen LogP contribution in [-0.4, -0.2) is 93.5 Å². The Morgan fingerprint density at radius 1 is 0.682 bits per heavy atom. The molecule has 6 rings (SSSR count). The van der Waals surface area contributed by atoms with E-state index in [2.05, 4.69) is 15.3 Å². The van der Waals surface area contributed by atoms with Gasteiger partial charge < -0.3 is 47.9 Å². The van der Waals surface area contributed by atoms with Gasteiger partial charge in [-0.15, -0.1) is 0 Å². The molecule has 10 atom stereocenters. The van der Waals surface area contributed by atoms with Gasteiger partial charge in [0.1, 0.15) is 24.9 Å². The predicted octanol–water partition coefficient (Wildman–Crippen LogP) is 8.62. The number of azide groups is 1. The van der Waals surface area contributed by atoms with Gasteiger partial charge in [-0.25, -0.2) is 14.4 Å². The first kappa shape index (κ1) is 49.6. The van der Waals surface area contributed by atoms with Crippen LogP contribution >= 0.6 is 0 Å². The molecular weight excluding hydrogens is 849 g/mol. The van der Waals surface area contributed by atoms with Crippen molar-refractivity contribution in [1.82, 2.24) is 5.32 Å². The van der Waals surface area contributed by atoms with Crippen LogP contribution < -0.4 is 5.32 Å². The van der Waals surface area contributed by atoms with E-state index in [1.165, 1.54) is 7.11 Å². The average Bonchev–Trinajstić information content (AvgIpc) is 3.35. The maximum absolute atomic E-state index is 13.9. The van der Waals surface area contributed by atoms with Gasteiger partial charge in [0.25, 0.3) is 0 Å². The summed E-state index contributed by atoms with van der Waals surface area (Å²) in [7, 11) is 1.22. The molecular formula is C50H60N4O12. The summed E-state index contributed by atoms with van der Waals surface area (Å²) in [6.45, 7) is 4.95. The Bertz CT molecular complexity index is 2120. The SMILES string of the molecule is CCC1OC(OC2C(C(=O)OC)OC(OCCCCCCNC(=O)OCc3ccccc3)C(OC(=O)c3ccccc3)C2OCc2ccccc2)C(N=[N+]=[N-])C(OCc2ccccc2)C1C. The van der Waals surface area contributed by atoms with E-state index in [-0.39, 0.29) is 37.9 Å². The summed E-state index contributed by atoms with van der Waals surface area (Å²) in [5.74, 6) is -1.72. The number of hydrogen-bond acceptors (Lipinski definition) is 13. The molecule has 352 valence electrons. The highest BCUT2D eigenvalue weighted by molar-refractivity contribution is 5.89. The predicted molar refractivity (Wildman–Crippen MR) is 241 cm³/mol. The quantitative estimate of drug-likeness (QED) is 0.0186. The number of nitrogens with one attached hydrogen (secondary N) is 1. The molecule has 2 heterocycles. The lowest BCUT2D eigenvalue weighted by Crippen LogP contribution is -2.65. The molecule has 0 spiro atoms. The molecule has 1 amide bonds. The van der Waals surface area contributed by atoms with E-state index in [0.717, 1.165) is 29.5 Å². The van der Waals surface area contributed by atoms with Crippen molar-refractivity contribution >= 4 is 18.0 Å². The van der Waals surface area contributed by atoms with Gasteiger partial charge in [0, 0.05) is 24.0 Å². The van der Waals surface area contributed by atoms with Crippen LogP contribution in [0.4, 0.5) is 4.79 Å². The summed E-state index contributed by atoms with van der Waals surface area (Å²) in [6.07, 6.45) is -6.19. The number of nitrogens with zero attached hydrogens (tertiary/aromatic N) is 3. The number of alkyl carbamates (subject to hydrolysis) is 1. The fourth-order valence-electron chi connectivity index (χ4n) is 7.98. The molecule has 0 saturated carbocycles. The second-order valence-electron chi connectivity index (χ2n) is 16.1. The highest BCUT2D eigenvalue weighted by Crippen LogP contribution is 2.38. The van der Waals surface area contributed by atoms with Gasteiger partial charge in [-0.05, 0) is 53.6 Å². The van der Waals surface area contributed by atoms with Gasteiger partial charge >= 0.3 is 18.0 Å². The number of rotatable bonds is 23. The van der Waals surface area contributed by atoms with Crippen LogP contribution in [0.5, 0.6) is 0 Å². The third-order valence-electron chi connectivity index (χ3n) is 11.5. The number of unbranched alkanes of at least 4 members (excludes halogenated alkanes) is 3. The molecule has 10 unspecified atom stereocenters. The van der Waals surface area contributed by atoms with Crippen molar-refractivity contribution in [2.24, 2.45) is 11.0 Å². The smallest absolute Gasteiger partial charge is 0.407 e. The van der Waals surface area contributed by atoms with Crippen LogP contribution in [0.3, 0.4) is 0 Å². The zero-order valence-electron chi connectivity index (χ0n) is 37.6. The lowest BCUT2D eigenvalue weighted by molar-refractivity contribution is -0.342. The van der Waals surface area contributed by atoms with E-state index in [9.17, 15) is 19.9 Å². The molecule has 0 aromatic heterocycles. The Kier molecular flexibility index (Phi) is 19.8. The topological polar surface area (TPSA) is 195 Å². The normalized spacial score (nSPS) is 24.9. The molecule has 1 N–H and O–H groups in total. The van der Waals surface area contributed by atoms with Crippen LogP contribution in [-0.2, 0) is 67.2 Å². The Morgan fingerprint density at radius 3 is 1.85 bits per heavy atom. The third kappa shape index (κ3) is 14.3. The summed E-state index contributed by atoms with van der Waals surface area (Å²) in [5, 5.41) is 6.93. The number of esters is 2. The Hall–Kier alpha value is -5.84. The van der Waals surface area contributed by atoms with Gasteiger partial charge in [0.2, 0.25) is 0 Å². The van der Waals surface area contributed by atoms with Gasteiger partial charge in [-0.2, -0.15) is 0 Å². The van der Waals surface area contributed by atoms with Crippen LogP contribution in [0.15, 0.2) is 126 Å². The molecule has 4 aromatic carbocycles. The number of amides is 1. The molecule has 2 saturated heterocycles. The first-order valence-corrected chi connectivity index (χ1v) is 22.5. The summed E-state index contributed by atoms with van der Waals surface area (Å²) < 4.78 is 56.1. The fourth-order valence-corrected chi connectivity index (χ4v) is 7.98. The van der Waals surface area contributed by atoms with Crippen molar-refractivity contribution in [3.05, 3.63) is 154 Å². The van der Waals surface area contributed by atoms with Crippen molar-refractivity contribution in [2.45, 2.75) is 121 Å². The second kappa shape index (κ2) is 26.3. The first-order valence-electron chi connectivity index (χ1n) is 22.5. The summed E-state index contributed by atoms with van der Waals surface area (Å²) >= 11 is 0. The minimum Gasteiger partial charge on any atom is -0.467 e. The van der Waals surface area contributed by atoms with Crippen LogP contribution in [0.25, 0.3) is 10.4 Å². The van der Waals surface area contributed by atoms with Gasteiger partial charge in [-0.3, -0.25) is 0 Å². The fraction of sp³-hybridized carbons (Fsp3) is 0.460. The zero-order valence-corrected chi connectivity index (χ0v) is 37.6. The summed E-state index contributed by atoms with van der Waals surface area (Å²) in [6, 6.07) is 35.8. The van der Waals surface area contributed by atoms with Crippen molar-refractivity contribution in [1.29, 1.82) is 0 Å². The minimum atomic E-state index is -1.49. The molecule has 4 aromatic rings. The molecule has 16 nitrogen and oxygen atoms in total. The highest BCUT2D eigenvalue weighted by atomic mass is 16.8. The van der Waals surface area contributed by atoms with Crippen molar-refractivity contribution < 1.29 is 57.0 Å². The third-order valence-corrected chi connectivity index (χ3v) is 11.5. The van der Waals surface area contributed by atoms with E-state index in [1.807, 2.05) is 105 Å². The number of carbonyl (C=O) groups is 3. The van der Waals surface area contributed by atoms with Crippen molar-refractivity contribution in [2.75, 3.05) is 20.3 Å². The van der Waals surface area contributed by atoms with Gasteiger partial charge in [0.15, 0.2) is 24.8 Å². The largest absolute Gasteiger partial charge is 0.467 e. The summed E-state index contributed by atoms with van der Waals surface area (Å²) in [4.78, 5) is 43.1. The lowest BCUT2D eigenvalue weighted by atomic mass is 9.87. The van der Waals surface area contributed by atoms with E-state index in [4.69, 9.17) is 42.6 Å². The molecule has 2 fully saturated rings.